The summed E-state index contributed by atoms with van der Waals surface area (Å²) in [6, 6.07) is 14.3. The highest BCUT2D eigenvalue weighted by Crippen LogP contribution is 2.25. The summed E-state index contributed by atoms with van der Waals surface area (Å²) in [5, 5.41) is 0. The second-order valence-electron chi connectivity index (χ2n) is 4.46. The van der Waals surface area contributed by atoms with Crippen molar-refractivity contribution in [3.8, 4) is 0 Å². The van der Waals surface area contributed by atoms with Gasteiger partial charge in [-0.1, -0.05) is 30.3 Å². The maximum Gasteiger partial charge on any atom is 0.160 e. The van der Waals surface area contributed by atoms with Crippen molar-refractivity contribution in [1.29, 1.82) is 0 Å². The first-order valence-corrected chi connectivity index (χ1v) is 6.77. The van der Waals surface area contributed by atoms with Crippen LogP contribution in [-0.4, -0.2) is 14.5 Å². The van der Waals surface area contributed by atoms with Crippen LogP contribution in [0.2, 0.25) is 0 Å². The minimum atomic E-state index is 0.162. The molecule has 0 aliphatic carbocycles. The topological polar surface area (TPSA) is 30.7 Å². The van der Waals surface area contributed by atoms with Gasteiger partial charge in [-0.15, -0.1) is 11.6 Å². The van der Waals surface area contributed by atoms with Crippen molar-refractivity contribution in [3.05, 3.63) is 60.0 Å². The maximum absolute atomic E-state index is 6.02. The van der Waals surface area contributed by atoms with Crippen LogP contribution >= 0.6 is 11.6 Å². The Kier molecular flexibility index (Phi) is 3.22. The number of hydrogen-bond donors (Lipinski definition) is 0. The molecule has 0 saturated heterocycles. The molecule has 1 atom stereocenters. The van der Waals surface area contributed by atoms with Gasteiger partial charge in [0.15, 0.2) is 5.65 Å². The van der Waals surface area contributed by atoms with E-state index in [-0.39, 0.29) is 6.04 Å². The quantitative estimate of drug-likeness (QED) is 0.679. The SMILES string of the molecule is CC(c1ccccc1)n1c(CCl)nc2cccnc21. The maximum atomic E-state index is 6.02. The molecule has 2 aromatic heterocycles. The zero-order chi connectivity index (χ0) is 13.2. The molecule has 3 rings (SSSR count). The van der Waals surface area contributed by atoms with Crippen molar-refractivity contribution in [3.63, 3.8) is 0 Å². The van der Waals surface area contributed by atoms with Crippen molar-refractivity contribution >= 4 is 22.8 Å². The number of alkyl halides is 1. The van der Waals surface area contributed by atoms with Gasteiger partial charge in [-0.3, -0.25) is 0 Å². The molecule has 0 saturated carbocycles. The van der Waals surface area contributed by atoms with E-state index in [0.717, 1.165) is 17.0 Å². The molecule has 3 aromatic rings. The Hall–Kier alpha value is -1.87. The molecule has 0 spiro atoms. The molecule has 19 heavy (non-hydrogen) atoms. The van der Waals surface area contributed by atoms with Gasteiger partial charge in [-0.05, 0) is 24.6 Å². The van der Waals surface area contributed by atoms with Crippen LogP contribution in [0.4, 0.5) is 0 Å². The zero-order valence-corrected chi connectivity index (χ0v) is 11.4. The highest BCUT2D eigenvalue weighted by atomic mass is 35.5. The first-order chi connectivity index (χ1) is 9.31. The van der Waals surface area contributed by atoms with E-state index in [2.05, 4.69) is 33.6 Å². The minimum absolute atomic E-state index is 0.162. The fourth-order valence-corrected chi connectivity index (χ4v) is 2.55. The molecule has 0 amide bonds. The zero-order valence-electron chi connectivity index (χ0n) is 10.6. The Morgan fingerprint density at radius 1 is 1.16 bits per heavy atom. The van der Waals surface area contributed by atoms with Gasteiger partial charge >= 0.3 is 0 Å². The molecule has 0 aliphatic rings. The molecular formula is C15H14ClN3. The second kappa shape index (κ2) is 5.02. The predicted octanol–water partition coefficient (Wildman–Crippen LogP) is 3.78. The summed E-state index contributed by atoms with van der Waals surface area (Å²) in [7, 11) is 0. The average Bonchev–Trinajstić information content (AvgIpc) is 2.86. The summed E-state index contributed by atoms with van der Waals surface area (Å²) < 4.78 is 2.11. The van der Waals surface area contributed by atoms with E-state index in [4.69, 9.17) is 11.6 Å². The number of hydrogen-bond acceptors (Lipinski definition) is 2. The molecule has 1 unspecified atom stereocenters. The van der Waals surface area contributed by atoms with E-state index in [0.29, 0.717) is 5.88 Å². The van der Waals surface area contributed by atoms with Crippen LogP contribution in [0, 0.1) is 0 Å². The van der Waals surface area contributed by atoms with E-state index in [1.165, 1.54) is 5.56 Å². The van der Waals surface area contributed by atoms with Crippen LogP contribution in [0.5, 0.6) is 0 Å². The molecule has 4 heteroatoms. The number of fused-ring (bicyclic) bond motifs is 1. The Morgan fingerprint density at radius 2 is 1.95 bits per heavy atom. The van der Waals surface area contributed by atoms with E-state index in [1.54, 1.807) is 6.20 Å². The van der Waals surface area contributed by atoms with Crippen LogP contribution in [0.3, 0.4) is 0 Å². The second-order valence-corrected chi connectivity index (χ2v) is 4.73. The summed E-state index contributed by atoms with van der Waals surface area (Å²) >= 11 is 6.02. The Balaban J connectivity index is 2.18. The summed E-state index contributed by atoms with van der Waals surface area (Å²) in [5.74, 6) is 1.24. The number of benzene rings is 1. The van der Waals surface area contributed by atoms with E-state index >= 15 is 0 Å². The summed E-state index contributed by atoms with van der Waals surface area (Å²) in [6.45, 7) is 2.14. The van der Waals surface area contributed by atoms with Crippen molar-refractivity contribution in [2.75, 3.05) is 0 Å². The Labute approximate surface area is 116 Å². The molecule has 0 aliphatic heterocycles. The lowest BCUT2D eigenvalue weighted by atomic mass is 10.1. The Morgan fingerprint density at radius 3 is 2.68 bits per heavy atom. The van der Waals surface area contributed by atoms with E-state index < -0.39 is 0 Å². The van der Waals surface area contributed by atoms with Gasteiger partial charge in [0.05, 0.1) is 11.9 Å². The van der Waals surface area contributed by atoms with Gasteiger partial charge < -0.3 is 4.57 Å². The van der Waals surface area contributed by atoms with Crippen molar-refractivity contribution in [2.45, 2.75) is 18.8 Å². The highest BCUT2D eigenvalue weighted by molar-refractivity contribution is 6.16. The van der Waals surface area contributed by atoms with Gasteiger partial charge in [0.25, 0.3) is 0 Å². The predicted molar refractivity (Wildman–Crippen MR) is 77.3 cm³/mol. The minimum Gasteiger partial charge on any atom is -0.304 e. The smallest absolute Gasteiger partial charge is 0.160 e. The lowest BCUT2D eigenvalue weighted by Gasteiger charge is -2.16. The van der Waals surface area contributed by atoms with Gasteiger partial charge in [0.1, 0.15) is 11.3 Å². The normalized spacial score (nSPS) is 12.7. The third-order valence-corrected chi connectivity index (χ3v) is 3.55. The number of pyridine rings is 1. The Bertz CT molecular complexity index is 691. The first-order valence-electron chi connectivity index (χ1n) is 6.24. The number of rotatable bonds is 3. The molecule has 0 fully saturated rings. The lowest BCUT2D eigenvalue weighted by Crippen LogP contribution is -2.10. The van der Waals surface area contributed by atoms with E-state index in [9.17, 15) is 0 Å². The third-order valence-electron chi connectivity index (χ3n) is 3.31. The molecular weight excluding hydrogens is 258 g/mol. The molecule has 3 nitrogen and oxygen atoms in total. The number of nitrogens with zero attached hydrogens (tertiary/aromatic N) is 3. The molecule has 0 radical (unpaired) electrons. The van der Waals surface area contributed by atoms with Crippen LogP contribution in [0.1, 0.15) is 24.4 Å². The third kappa shape index (κ3) is 2.10. The van der Waals surface area contributed by atoms with Gasteiger partial charge in [-0.2, -0.15) is 0 Å². The van der Waals surface area contributed by atoms with E-state index in [1.807, 2.05) is 30.3 Å². The summed E-state index contributed by atoms with van der Waals surface area (Å²) in [5.41, 5.74) is 2.99. The number of imidazole rings is 1. The van der Waals surface area contributed by atoms with Crippen molar-refractivity contribution in [1.82, 2.24) is 14.5 Å². The van der Waals surface area contributed by atoms with Gasteiger partial charge in [0, 0.05) is 6.20 Å². The van der Waals surface area contributed by atoms with Gasteiger partial charge in [0.2, 0.25) is 0 Å². The first kappa shape index (κ1) is 12.2. The van der Waals surface area contributed by atoms with Crippen LogP contribution in [0.25, 0.3) is 11.2 Å². The molecule has 96 valence electrons. The van der Waals surface area contributed by atoms with Crippen LogP contribution < -0.4 is 0 Å². The summed E-state index contributed by atoms with van der Waals surface area (Å²) in [6.07, 6.45) is 1.79. The monoisotopic (exact) mass is 271 g/mol. The molecule has 0 bridgehead atoms. The molecule has 0 N–H and O–H groups in total. The highest BCUT2D eigenvalue weighted by Gasteiger charge is 2.17. The number of aromatic nitrogens is 3. The fraction of sp³-hybridized carbons (Fsp3) is 0.200. The average molecular weight is 272 g/mol. The standard InChI is InChI=1S/C15H14ClN3/c1-11(12-6-3-2-4-7-12)19-14(10-16)18-13-8-5-9-17-15(13)19/h2-9,11H,10H2,1H3. The van der Waals surface area contributed by atoms with Crippen molar-refractivity contribution in [2.24, 2.45) is 0 Å². The van der Waals surface area contributed by atoms with Gasteiger partial charge in [-0.25, -0.2) is 9.97 Å². The number of halogens is 1. The van der Waals surface area contributed by atoms with Crippen LogP contribution in [0.15, 0.2) is 48.7 Å². The lowest BCUT2D eigenvalue weighted by molar-refractivity contribution is 0.629. The van der Waals surface area contributed by atoms with Crippen molar-refractivity contribution < 1.29 is 0 Å². The fourth-order valence-electron chi connectivity index (χ4n) is 2.36. The molecule has 2 heterocycles. The molecule has 1 aromatic carbocycles. The van der Waals surface area contributed by atoms with Crippen LogP contribution in [-0.2, 0) is 5.88 Å². The largest absolute Gasteiger partial charge is 0.304 e. The summed E-state index contributed by atoms with van der Waals surface area (Å²) in [4.78, 5) is 8.98.